The van der Waals surface area contributed by atoms with Crippen LogP contribution in [0.3, 0.4) is 0 Å². The van der Waals surface area contributed by atoms with E-state index in [0.29, 0.717) is 12.7 Å². The van der Waals surface area contributed by atoms with Crippen molar-refractivity contribution >= 4 is 0 Å². The summed E-state index contributed by atoms with van der Waals surface area (Å²) in [6.07, 6.45) is 2.30. The van der Waals surface area contributed by atoms with Gasteiger partial charge in [0.1, 0.15) is 5.75 Å². The van der Waals surface area contributed by atoms with Gasteiger partial charge in [0.2, 0.25) is 0 Å². The molecule has 0 saturated carbocycles. The molecule has 0 amide bonds. The number of methoxy groups -OCH3 is 1. The van der Waals surface area contributed by atoms with Gasteiger partial charge in [0.15, 0.2) is 0 Å². The van der Waals surface area contributed by atoms with Gasteiger partial charge in [-0.2, -0.15) is 0 Å². The number of rotatable bonds is 7. The van der Waals surface area contributed by atoms with Gasteiger partial charge in [-0.05, 0) is 32.4 Å². The highest BCUT2D eigenvalue weighted by atomic mass is 16.5. The second-order valence-electron chi connectivity index (χ2n) is 5.50. The van der Waals surface area contributed by atoms with Crippen LogP contribution < -0.4 is 10.1 Å². The average molecular weight is 293 g/mol. The van der Waals surface area contributed by atoms with E-state index in [0.717, 1.165) is 38.3 Å². The minimum Gasteiger partial charge on any atom is -0.496 e. The quantitative estimate of drug-likeness (QED) is 0.839. The molecule has 1 aliphatic rings. The number of likely N-dealkylation sites (N-methyl/N-ethyl adjacent to an activating group) is 1. The summed E-state index contributed by atoms with van der Waals surface area (Å²) in [6, 6.07) is 6.45. The van der Waals surface area contributed by atoms with Crippen molar-refractivity contribution in [3.05, 3.63) is 29.3 Å². The minimum absolute atomic E-state index is 0.160. The molecule has 4 heteroatoms. The van der Waals surface area contributed by atoms with Crippen molar-refractivity contribution in [2.75, 3.05) is 33.5 Å². The normalized spacial score (nSPS) is 17.7. The van der Waals surface area contributed by atoms with Gasteiger partial charge >= 0.3 is 0 Å². The molecule has 1 saturated heterocycles. The molecule has 1 atom stereocenters. The fourth-order valence-corrected chi connectivity index (χ4v) is 2.71. The lowest BCUT2D eigenvalue weighted by Gasteiger charge is -2.26. The van der Waals surface area contributed by atoms with Crippen molar-refractivity contribution in [2.24, 2.45) is 0 Å². The maximum Gasteiger partial charge on any atom is 0.123 e. The number of aryl methyl sites for hydroxylation is 1. The molecule has 0 bridgehead atoms. The van der Waals surface area contributed by atoms with Gasteiger partial charge in [0.25, 0.3) is 0 Å². The highest BCUT2D eigenvalue weighted by molar-refractivity contribution is 5.39. The molecule has 0 spiro atoms. The first-order valence-electron chi connectivity index (χ1n) is 7.81. The molecule has 0 aliphatic carbocycles. The van der Waals surface area contributed by atoms with Crippen LogP contribution in [-0.2, 0) is 9.47 Å². The van der Waals surface area contributed by atoms with E-state index in [2.05, 4.69) is 31.3 Å². The van der Waals surface area contributed by atoms with Crippen LogP contribution >= 0.6 is 0 Å². The van der Waals surface area contributed by atoms with E-state index >= 15 is 0 Å². The highest BCUT2D eigenvalue weighted by Crippen LogP contribution is 2.27. The third-order valence-electron chi connectivity index (χ3n) is 3.88. The lowest BCUT2D eigenvalue weighted by Crippen LogP contribution is -2.30. The number of benzene rings is 1. The summed E-state index contributed by atoms with van der Waals surface area (Å²) in [5, 5.41) is 3.50. The fourth-order valence-electron chi connectivity index (χ4n) is 2.71. The molecule has 1 N–H and O–H groups in total. The lowest BCUT2D eigenvalue weighted by molar-refractivity contribution is -0.0383. The topological polar surface area (TPSA) is 39.7 Å². The van der Waals surface area contributed by atoms with Crippen LogP contribution in [0, 0.1) is 6.92 Å². The Bertz CT molecular complexity index is 430. The van der Waals surface area contributed by atoms with Gasteiger partial charge in [-0.25, -0.2) is 0 Å². The summed E-state index contributed by atoms with van der Waals surface area (Å²) in [7, 11) is 1.72. The minimum atomic E-state index is 0.160. The summed E-state index contributed by atoms with van der Waals surface area (Å²) < 4.78 is 17.0. The Kier molecular flexibility index (Phi) is 6.49. The SMILES string of the molecule is CCNC(COC1CCOCC1)c1cc(C)ccc1OC. The van der Waals surface area contributed by atoms with E-state index in [1.807, 2.05) is 6.07 Å². The van der Waals surface area contributed by atoms with Crippen molar-refractivity contribution < 1.29 is 14.2 Å². The zero-order valence-electron chi connectivity index (χ0n) is 13.4. The first-order valence-corrected chi connectivity index (χ1v) is 7.81. The lowest BCUT2D eigenvalue weighted by atomic mass is 10.0. The van der Waals surface area contributed by atoms with Gasteiger partial charge in [-0.15, -0.1) is 0 Å². The van der Waals surface area contributed by atoms with E-state index in [1.54, 1.807) is 7.11 Å². The van der Waals surface area contributed by atoms with Crippen LogP contribution in [0.5, 0.6) is 5.75 Å². The third-order valence-corrected chi connectivity index (χ3v) is 3.88. The van der Waals surface area contributed by atoms with E-state index in [9.17, 15) is 0 Å². The maximum atomic E-state index is 6.09. The van der Waals surface area contributed by atoms with Crippen molar-refractivity contribution in [1.29, 1.82) is 0 Å². The summed E-state index contributed by atoms with van der Waals surface area (Å²) in [4.78, 5) is 0. The third kappa shape index (κ3) is 4.70. The molecule has 118 valence electrons. The van der Waals surface area contributed by atoms with Crippen molar-refractivity contribution in [3.8, 4) is 5.75 Å². The molecule has 1 unspecified atom stereocenters. The monoisotopic (exact) mass is 293 g/mol. The number of hydrogen-bond acceptors (Lipinski definition) is 4. The molecule has 0 radical (unpaired) electrons. The molecule has 1 fully saturated rings. The van der Waals surface area contributed by atoms with Crippen LogP contribution in [0.15, 0.2) is 18.2 Å². The molecular formula is C17H27NO3. The van der Waals surface area contributed by atoms with Gasteiger partial charge in [0, 0.05) is 18.8 Å². The average Bonchev–Trinajstić information content (AvgIpc) is 2.52. The predicted molar refractivity (Wildman–Crippen MR) is 83.9 cm³/mol. The zero-order chi connectivity index (χ0) is 15.1. The molecule has 1 aromatic rings. The first-order chi connectivity index (χ1) is 10.2. The Hall–Kier alpha value is -1.10. The number of nitrogens with one attached hydrogen (secondary N) is 1. The van der Waals surface area contributed by atoms with E-state index in [4.69, 9.17) is 14.2 Å². The highest BCUT2D eigenvalue weighted by Gasteiger charge is 2.20. The van der Waals surface area contributed by atoms with E-state index < -0.39 is 0 Å². The molecule has 1 aromatic carbocycles. The first kappa shape index (κ1) is 16.3. The second-order valence-corrected chi connectivity index (χ2v) is 5.50. The van der Waals surface area contributed by atoms with Crippen molar-refractivity contribution in [1.82, 2.24) is 5.32 Å². The number of hydrogen-bond donors (Lipinski definition) is 1. The van der Waals surface area contributed by atoms with Crippen LogP contribution in [0.1, 0.15) is 36.9 Å². The molecule has 21 heavy (non-hydrogen) atoms. The smallest absolute Gasteiger partial charge is 0.123 e. The van der Waals surface area contributed by atoms with Gasteiger partial charge in [0.05, 0.1) is 25.9 Å². The van der Waals surface area contributed by atoms with Gasteiger partial charge in [-0.3, -0.25) is 0 Å². The fraction of sp³-hybridized carbons (Fsp3) is 0.647. The summed E-state index contributed by atoms with van der Waals surface area (Å²) >= 11 is 0. The standard InChI is InChI=1S/C17H27NO3/c1-4-18-16(12-21-14-7-9-20-10-8-14)15-11-13(2)5-6-17(15)19-3/h5-6,11,14,16,18H,4,7-10,12H2,1-3H3. The van der Waals surface area contributed by atoms with Crippen molar-refractivity contribution in [2.45, 2.75) is 38.8 Å². The Labute approximate surface area is 127 Å². The van der Waals surface area contributed by atoms with Crippen molar-refractivity contribution in [3.63, 3.8) is 0 Å². The summed E-state index contributed by atoms with van der Waals surface area (Å²) in [5.41, 5.74) is 2.41. The largest absolute Gasteiger partial charge is 0.496 e. The van der Waals surface area contributed by atoms with E-state index in [-0.39, 0.29) is 6.04 Å². The Morgan fingerprint density at radius 3 is 2.76 bits per heavy atom. The van der Waals surface area contributed by atoms with Crippen LogP contribution in [0.4, 0.5) is 0 Å². The summed E-state index contributed by atoms with van der Waals surface area (Å²) in [6.45, 7) is 7.40. The molecule has 1 aliphatic heterocycles. The van der Waals surface area contributed by atoms with Crippen LogP contribution in [0.2, 0.25) is 0 Å². The van der Waals surface area contributed by atoms with E-state index in [1.165, 1.54) is 11.1 Å². The Balaban J connectivity index is 2.05. The van der Waals surface area contributed by atoms with Crippen LogP contribution in [-0.4, -0.2) is 39.6 Å². The number of ether oxygens (including phenoxy) is 3. The Morgan fingerprint density at radius 1 is 1.33 bits per heavy atom. The van der Waals surface area contributed by atoms with Crippen LogP contribution in [0.25, 0.3) is 0 Å². The predicted octanol–water partition coefficient (Wildman–Crippen LogP) is 2.85. The molecule has 0 aromatic heterocycles. The van der Waals surface area contributed by atoms with Gasteiger partial charge in [-0.1, -0.05) is 24.6 Å². The molecular weight excluding hydrogens is 266 g/mol. The molecule has 4 nitrogen and oxygen atoms in total. The summed E-state index contributed by atoms with van der Waals surface area (Å²) in [5.74, 6) is 0.919. The maximum absolute atomic E-state index is 6.09. The van der Waals surface area contributed by atoms with Gasteiger partial charge < -0.3 is 19.5 Å². The zero-order valence-corrected chi connectivity index (χ0v) is 13.4. The Morgan fingerprint density at radius 2 is 2.10 bits per heavy atom. The second kappa shape index (κ2) is 8.37. The molecule has 1 heterocycles. The molecule has 2 rings (SSSR count).